The first-order valence-electron chi connectivity index (χ1n) is 9.31. The van der Waals surface area contributed by atoms with Gasteiger partial charge in [0.05, 0.1) is 24.1 Å². The van der Waals surface area contributed by atoms with E-state index in [1.54, 1.807) is 30.5 Å². The molecule has 7 heteroatoms. The van der Waals surface area contributed by atoms with Crippen LogP contribution in [-0.4, -0.2) is 48.6 Å². The van der Waals surface area contributed by atoms with Crippen LogP contribution in [0, 0.1) is 0 Å². The fraction of sp³-hybridized carbons (Fsp3) is 0.381. The minimum Gasteiger partial charge on any atom is -0.484 e. The number of morpholine rings is 1. The Labute approximate surface area is 164 Å². The number of aromatic nitrogens is 1. The summed E-state index contributed by atoms with van der Waals surface area (Å²) in [6, 6.07) is 10.5. The molecular formula is C21H25N3O4. The number of anilines is 2. The molecule has 0 radical (unpaired) electrons. The third-order valence-electron chi connectivity index (χ3n) is 4.39. The van der Waals surface area contributed by atoms with Gasteiger partial charge in [-0.15, -0.1) is 0 Å². The number of amides is 1. The number of hydrogen-bond donors (Lipinski definition) is 1. The maximum absolute atomic E-state index is 12.1. The number of nitrogens with one attached hydrogen (secondary N) is 1. The number of ketones is 1. The average molecular weight is 383 g/mol. The Morgan fingerprint density at radius 1 is 1.21 bits per heavy atom. The van der Waals surface area contributed by atoms with Crippen molar-refractivity contribution in [2.75, 3.05) is 29.9 Å². The minimum absolute atomic E-state index is 0.0508. The van der Waals surface area contributed by atoms with E-state index >= 15 is 0 Å². The standard InChI is InChI=1S/C21H25N3O4/c1-14-11-24(12-15(2)28-14)20-8-7-18(10-22-20)23-21(26)13-27-19-6-4-5-17(9-19)16(3)25/h4-10,14-15H,11-13H2,1-3H3,(H,23,26). The molecule has 0 spiro atoms. The van der Waals surface area contributed by atoms with E-state index in [0.29, 0.717) is 17.0 Å². The second-order valence-electron chi connectivity index (χ2n) is 6.99. The first kappa shape index (κ1) is 19.8. The van der Waals surface area contributed by atoms with E-state index in [1.807, 2.05) is 26.0 Å². The number of pyridine rings is 1. The molecule has 1 saturated heterocycles. The maximum Gasteiger partial charge on any atom is 0.262 e. The summed E-state index contributed by atoms with van der Waals surface area (Å²) in [5.74, 6) is 0.991. The van der Waals surface area contributed by atoms with Crippen molar-refractivity contribution in [2.24, 2.45) is 0 Å². The van der Waals surface area contributed by atoms with Gasteiger partial charge in [-0.25, -0.2) is 4.98 Å². The highest BCUT2D eigenvalue weighted by Gasteiger charge is 2.23. The SMILES string of the molecule is CC(=O)c1cccc(OCC(=O)Nc2ccc(N3CC(C)OC(C)C3)nc2)c1. The number of carbonyl (C=O) groups is 2. The van der Waals surface area contributed by atoms with E-state index in [2.05, 4.69) is 15.2 Å². The largest absolute Gasteiger partial charge is 0.484 e. The summed E-state index contributed by atoms with van der Waals surface area (Å²) in [5, 5.41) is 2.76. The molecule has 2 atom stereocenters. The van der Waals surface area contributed by atoms with Gasteiger partial charge in [0, 0.05) is 18.7 Å². The van der Waals surface area contributed by atoms with Crippen molar-refractivity contribution in [3.8, 4) is 5.75 Å². The van der Waals surface area contributed by atoms with E-state index in [4.69, 9.17) is 9.47 Å². The zero-order valence-electron chi connectivity index (χ0n) is 16.3. The van der Waals surface area contributed by atoms with Crippen LogP contribution >= 0.6 is 0 Å². The molecule has 3 rings (SSSR count). The van der Waals surface area contributed by atoms with E-state index in [9.17, 15) is 9.59 Å². The van der Waals surface area contributed by atoms with Crippen LogP contribution in [-0.2, 0) is 9.53 Å². The highest BCUT2D eigenvalue weighted by Crippen LogP contribution is 2.20. The third kappa shape index (κ3) is 5.29. The van der Waals surface area contributed by atoms with Crippen molar-refractivity contribution in [2.45, 2.75) is 33.0 Å². The van der Waals surface area contributed by atoms with Crippen molar-refractivity contribution in [1.29, 1.82) is 0 Å². The van der Waals surface area contributed by atoms with Gasteiger partial charge >= 0.3 is 0 Å². The van der Waals surface area contributed by atoms with Crippen LogP contribution in [0.25, 0.3) is 0 Å². The lowest BCUT2D eigenvalue weighted by Crippen LogP contribution is -2.45. The maximum atomic E-state index is 12.1. The second-order valence-corrected chi connectivity index (χ2v) is 6.99. The number of nitrogens with zero attached hydrogens (tertiary/aromatic N) is 2. The molecule has 1 amide bonds. The van der Waals surface area contributed by atoms with Gasteiger partial charge in [0.25, 0.3) is 5.91 Å². The second kappa shape index (κ2) is 8.84. The Bertz CT molecular complexity index is 828. The van der Waals surface area contributed by atoms with Gasteiger partial charge in [-0.05, 0) is 45.0 Å². The van der Waals surface area contributed by atoms with Gasteiger partial charge in [-0.3, -0.25) is 9.59 Å². The monoisotopic (exact) mass is 383 g/mol. The normalized spacial score (nSPS) is 19.2. The van der Waals surface area contributed by atoms with Crippen LogP contribution in [0.2, 0.25) is 0 Å². The van der Waals surface area contributed by atoms with E-state index in [1.165, 1.54) is 6.92 Å². The van der Waals surface area contributed by atoms with E-state index < -0.39 is 0 Å². The molecule has 2 aromatic rings. The molecule has 2 heterocycles. The molecule has 7 nitrogen and oxygen atoms in total. The zero-order chi connectivity index (χ0) is 20.1. The van der Waals surface area contributed by atoms with Gasteiger partial charge in [-0.2, -0.15) is 0 Å². The highest BCUT2D eigenvalue weighted by molar-refractivity contribution is 5.94. The summed E-state index contributed by atoms with van der Waals surface area (Å²) in [4.78, 5) is 30.1. The predicted octanol–water partition coefficient (Wildman–Crippen LogP) is 2.92. The summed E-state index contributed by atoms with van der Waals surface area (Å²) in [7, 11) is 0. The number of carbonyl (C=O) groups excluding carboxylic acids is 2. The smallest absolute Gasteiger partial charge is 0.262 e. The molecule has 1 aliphatic rings. The Balaban J connectivity index is 1.53. The number of rotatable bonds is 6. The number of ether oxygens (including phenoxy) is 2. The molecule has 0 aliphatic carbocycles. The fourth-order valence-electron chi connectivity index (χ4n) is 3.16. The quantitative estimate of drug-likeness (QED) is 0.773. The van der Waals surface area contributed by atoms with Gasteiger partial charge in [0.15, 0.2) is 12.4 Å². The first-order chi connectivity index (χ1) is 13.4. The topological polar surface area (TPSA) is 80.8 Å². The lowest BCUT2D eigenvalue weighted by atomic mass is 10.1. The molecule has 0 bridgehead atoms. The van der Waals surface area contributed by atoms with E-state index in [0.717, 1.165) is 18.9 Å². The van der Waals surface area contributed by atoms with E-state index in [-0.39, 0.29) is 30.5 Å². The molecule has 1 fully saturated rings. The van der Waals surface area contributed by atoms with Crippen molar-refractivity contribution in [1.82, 2.24) is 4.98 Å². The zero-order valence-corrected chi connectivity index (χ0v) is 16.3. The highest BCUT2D eigenvalue weighted by atomic mass is 16.5. The number of benzene rings is 1. The molecule has 1 aromatic carbocycles. The van der Waals surface area contributed by atoms with Gasteiger partial charge in [0.1, 0.15) is 11.6 Å². The predicted molar refractivity (Wildman–Crippen MR) is 107 cm³/mol. The van der Waals surface area contributed by atoms with Crippen LogP contribution in [0.4, 0.5) is 11.5 Å². The van der Waals surface area contributed by atoms with Gasteiger partial charge < -0.3 is 19.7 Å². The Morgan fingerprint density at radius 2 is 1.96 bits per heavy atom. The molecule has 1 aromatic heterocycles. The fourth-order valence-corrected chi connectivity index (χ4v) is 3.16. The Kier molecular flexibility index (Phi) is 6.26. The molecule has 1 aliphatic heterocycles. The van der Waals surface area contributed by atoms with Crippen molar-refractivity contribution in [3.63, 3.8) is 0 Å². The van der Waals surface area contributed by atoms with Crippen LogP contribution in [0.3, 0.4) is 0 Å². The van der Waals surface area contributed by atoms with Gasteiger partial charge in [0.2, 0.25) is 0 Å². The Morgan fingerprint density at radius 3 is 2.61 bits per heavy atom. The lowest BCUT2D eigenvalue weighted by molar-refractivity contribution is -0.118. The van der Waals surface area contributed by atoms with Crippen LogP contribution in [0.15, 0.2) is 42.6 Å². The van der Waals surface area contributed by atoms with Crippen LogP contribution < -0.4 is 15.0 Å². The average Bonchev–Trinajstić information content (AvgIpc) is 2.66. The van der Waals surface area contributed by atoms with Crippen molar-refractivity contribution < 1.29 is 19.1 Å². The summed E-state index contributed by atoms with van der Waals surface area (Å²) in [6.45, 7) is 7.00. The molecule has 2 unspecified atom stereocenters. The van der Waals surface area contributed by atoms with Crippen molar-refractivity contribution >= 4 is 23.2 Å². The van der Waals surface area contributed by atoms with Crippen LogP contribution in [0.5, 0.6) is 5.75 Å². The summed E-state index contributed by atoms with van der Waals surface area (Å²) < 4.78 is 11.2. The molecule has 28 heavy (non-hydrogen) atoms. The third-order valence-corrected chi connectivity index (χ3v) is 4.39. The molecule has 1 N–H and O–H groups in total. The van der Waals surface area contributed by atoms with Crippen LogP contribution in [0.1, 0.15) is 31.1 Å². The van der Waals surface area contributed by atoms with Gasteiger partial charge in [-0.1, -0.05) is 12.1 Å². The first-order valence-corrected chi connectivity index (χ1v) is 9.31. The molecule has 0 saturated carbocycles. The summed E-state index contributed by atoms with van der Waals surface area (Å²) in [6.07, 6.45) is 1.95. The number of hydrogen-bond acceptors (Lipinski definition) is 6. The Hall–Kier alpha value is -2.93. The summed E-state index contributed by atoms with van der Waals surface area (Å²) >= 11 is 0. The molecule has 148 valence electrons. The summed E-state index contributed by atoms with van der Waals surface area (Å²) in [5.41, 5.74) is 1.15. The number of Topliss-reactive ketones (excluding diaryl/α,β-unsaturated/α-hetero) is 1. The van der Waals surface area contributed by atoms with Crippen molar-refractivity contribution in [3.05, 3.63) is 48.2 Å². The molecular weight excluding hydrogens is 358 g/mol. The lowest BCUT2D eigenvalue weighted by Gasteiger charge is -2.36. The minimum atomic E-state index is -0.295.